The molecule has 15 heteroatoms. The number of ether oxygens (including phenoxy) is 3. The molecular weight excluding hydrogens is 576 g/mol. The van der Waals surface area contributed by atoms with E-state index >= 15 is 0 Å². The zero-order chi connectivity index (χ0) is 31.4. The van der Waals surface area contributed by atoms with E-state index in [4.69, 9.17) is 9.47 Å². The van der Waals surface area contributed by atoms with E-state index in [1.54, 1.807) is 19.9 Å². The second-order valence-corrected chi connectivity index (χ2v) is 9.38. The molecule has 2 aromatic carbocycles. The molecule has 0 unspecified atom stereocenters. The third kappa shape index (κ3) is 7.36. The van der Waals surface area contributed by atoms with Crippen LogP contribution in [0.1, 0.15) is 48.6 Å². The number of nitrogens with one attached hydrogen (secondary N) is 1. The number of carbonyl (C=O) groups excluding carboxylic acids is 3. The number of anilines is 2. The maximum Gasteiger partial charge on any atom is 0.416 e. The van der Waals surface area contributed by atoms with Gasteiger partial charge in [-0.3, -0.25) is 14.6 Å². The number of rotatable bonds is 7. The Hall–Kier alpha value is -4.17. The molecule has 3 rings (SSSR count). The molecule has 1 aliphatic rings. The fourth-order valence-corrected chi connectivity index (χ4v) is 4.68. The van der Waals surface area contributed by atoms with Gasteiger partial charge in [0.25, 0.3) is 0 Å². The van der Waals surface area contributed by atoms with Gasteiger partial charge in [-0.05, 0) is 62.2 Å². The van der Waals surface area contributed by atoms with Crippen LogP contribution in [-0.2, 0) is 37.9 Å². The number of hydrogen-bond acceptors (Lipinski definition) is 7. The number of benzene rings is 2. The highest BCUT2D eigenvalue weighted by atomic mass is 19.4. The lowest BCUT2D eigenvalue weighted by molar-refractivity contribution is -0.143. The molecule has 1 heterocycles. The molecule has 2 aromatic rings. The highest BCUT2D eigenvalue weighted by Gasteiger charge is 2.41. The standard InChI is InChI=1S/C27H29F6N3O6/c1-5-42-25(39)36-15(2)8-22(20-12-19(6-7-21(20)36)34-13-23(37)40-3)35(24(38)41-4)14-16-9-17(26(28,29)30)11-18(10-16)27(31,32)33/h6-7,9-12,15,22,34H,5,8,13-14H2,1-4H3/t15-,22+/m1/s1. The Morgan fingerprint density at radius 2 is 1.60 bits per heavy atom. The molecule has 0 aromatic heterocycles. The van der Waals surface area contributed by atoms with Crippen LogP contribution in [-0.4, -0.2) is 56.5 Å². The fourth-order valence-electron chi connectivity index (χ4n) is 4.68. The number of methoxy groups -OCH3 is 2. The quantitative estimate of drug-likeness (QED) is 0.223. The highest BCUT2D eigenvalue weighted by Crippen LogP contribution is 2.43. The van der Waals surface area contributed by atoms with Crippen LogP contribution in [0.15, 0.2) is 36.4 Å². The molecule has 1 aliphatic heterocycles. The first-order chi connectivity index (χ1) is 19.6. The van der Waals surface area contributed by atoms with Gasteiger partial charge in [-0.15, -0.1) is 0 Å². The van der Waals surface area contributed by atoms with Crippen molar-refractivity contribution in [3.05, 3.63) is 58.7 Å². The molecule has 42 heavy (non-hydrogen) atoms. The van der Waals surface area contributed by atoms with Crippen molar-refractivity contribution in [3.8, 4) is 0 Å². The van der Waals surface area contributed by atoms with Gasteiger partial charge in [-0.1, -0.05) is 0 Å². The van der Waals surface area contributed by atoms with Gasteiger partial charge in [0.15, 0.2) is 0 Å². The molecule has 2 amide bonds. The molecule has 0 saturated carbocycles. The predicted octanol–water partition coefficient (Wildman–Crippen LogP) is 6.37. The van der Waals surface area contributed by atoms with E-state index in [1.165, 1.54) is 24.1 Å². The van der Waals surface area contributed by atoms with Gasteiger partial charge >= 0.3 is 30.5 Å². The summed E-state index contributed by atoms with van der Waals surface area (Å²) in [5.41, 5.74) is -2.54. The van der Waals surface area contributed by atoms with E-state index in [2.05, 4.69) is 10.1 Å². The van der Waals surface area contributed by atoms with E-state index < -0.39 is 65.8 Å². The largest absolute Gasteiger partial charge is 0.468 e. The molecule has 0 aliphatic carbocycles. The third-order valence-corrected chi connectivity index (χ3v) is 6.57. The summed E-state index contributed by atoms with van der Waals surface area (Å²) < 4.78 is 95.8. The summed E-state index contributed by atoms with van der Waals surface area (Å²) in [6, 6.07) is 4.08. The Morgan fingerprint density at radius 3 is 2.12 bits per heavy atom. The topological polar surface area (TPSA) is 97.4 Å². The molecule has 1 N–H and O–H groups in total. The zero-order valence-electron chi connectivity index (χ0n) is 23.1. The minimum absolute atomic E-state index is 0.000436. The van der Waals surface area contributed by atoms with Crippen LogP contribution in [0.4, 0.5) is 47.3 Å². The molecular formula is C27H29F6N3O6. The van der Waals surface area contributed by atoms with E-state index in [0.717, 1.165) is 12.0 Å². The van der Waals surface area contributed by atoms with Gasteiger partial charge in [0.05, 0.1) is 43.7 Å². The van der Waals surface area contributed by atoms with Gasteiger partial charge in [-0.25, -0.2) is 9.59 Å². The Morgan fingerprint density at radius 1 is 0.976 bits per heavy atom. The number of esters is 1. The van der Waals surface area contributed by atoms with Crippen LogP contribution >= 0.6 is 0 Å². The van der Waals surface area contributed by atoms with Crippen molar-refractivity contribution in [3.63, 3.8) is 0 Å². The Labute approximate surface area is 237 Å². The van der Waals surface area contributed by atoms with Crippen molar-refractivity contribution in [2.45, 2.75) is 51.2 Å². The second-order valence-electron chi connectivity index (χ2n) is 9.38. The maximum atomic E-state index is 13.5. The molecule has 2 atom stereocenters. The highest BCUT2D eigenvalue weighted by molar-refractivity contribution is 5.91. The Balaban J connectivity index is 2.15. The number of nitrogens with zero attached hydrogens (tertiary/aromatic N) is 2. The molecule has 0 saturated heterocycles. The van der Waals surface area contributed by atoms with Crippen molar-refractivity contribution in [2.24, 2.45) is 0 Å². The van der Waals surface area contributed by atoms with Crippen LogP contribution in [0.2, 0.25) is 0 Å². The van der Waals surface area contributed by atoms with Crippen molar-refractivity contribution in [1.29, 1.82) is 0 Å². The smallest absolute Gasteiger partial charge is 0.416 e. The van der Waals surface area contributed by atoms with Crippen LogP contribution in [0.5, 0.6) is 0 Å². The normalized spacial score (nSPS) is 16.8. The fraction of sp³-hybridized carbons (Fsp3) is 0.444. The first-order valence-electron chi connectivity index (χ1n) is 12.6. The number of hydrogen-bond donors (Lipinski definition) is 1. The predicted molar refractivity (Wildman–Crippen MR) is 138 cm³/mol. The monoisotopic (exact) mass is 605 g/mol. The van der Waals surface area contributed by atoms with E-state index in [-0.39, 0.29) is 31.3 Å². The van der Waals surface area contributed by atoms with Crippen molar-refractivity contribution in [2.75, 3.05) is 37.6 Å². The number of alkyl halides is 6. The molecule has 0 spiro atoms. The van der Waals surface area contributed by atoms with Gasteiger partial charge in [0, 0.05) is 23.8 Å². The summed E-state index contributed by atoms with van der Waals surface area (Å²) in [6.07, 6.45) is -11.9. The van der Waals surface area contributed by atoms with Crippen molar-refractivity contribution < 1.29 is 54.9 Å². The zero-order valence-corrected chi connectivity index (χ0v) is 23.1. The average Bonchev–Trinajstić information content (AvgIpc) is 2.92. The van der Waals surface area contributed by atoms with Gasteiger partial charge in [0.2, 0.25) is 0 Å². The number of carbonyl (C=O) groups is 3. The molecule has 0 fully saturated rings. The minimum Gasteiger partial charge on any atom is -0.468 e. The number of fused-ring (bicyclic) bond motifs is 1. The lowest BCUT2D eigenvalue weighted by Crippen LogP contribution is -2.47. The molecule has 9 nitrogen and oxygen atoms in total. The lowest BCUT2D eigenvalue weighted by atomic mass is 9.90. The first kappa shape index (κ1) is 32.3. The summed E-state index contributed by atoms with van der Waals surface area (Å²) in [4.78, 5) is 39.8. The van der Waals surface area contributed by atoms with Crippen LogP contribution in [0.25, 0.3) is 0 Å². The van der Waals surface area contributed by atoms with Gasteiger partial charge < -0.3 is 19.5 Å². The van der Waals surface area contributed by atoms with Gasteiger partial charge in [0.1, 0.15) is 6.54 Å². The van der Waals surface area contributed by atoms with E-state index in [1.807, 2.05) is 0 Å². The lowest BCUT2D eigenvalue weighted by Gasteiger charge is -2.42. The van der Waals surface area contributed by atoms with Crippen LogP contribution in [0, 0.1) is 0 Å². The molecule has 230 valence electrons. The van der Waals surface area contributed by atoms with E-state index in [0.29, 0.717) is 23.4 Å². The molecule has 0 bridgehead atoms. The average molecular weight is 606 g/mol. The minimum atomic E-state index is -5.08. The summed E-state index contributed by atoms with van der Waals surface area (Å²) in [6.45, 7) is 2.40. The maximum absolute atomic E-state index is 13.5. The number of halogens is 6. The first-order valence-corrected chi connectivity index (χ1v) is 12.6. The Kier molecular flexibility index (Phi) is 9.84. The van der Waals surface area contributed by atoms with Crippen molar-refractivity contribution in [1.82, 2.24) is 4.90 Å². The van der Waals surface area contributed by atoms with Crippen LogP contribution in [0.3, 0.4) is 0 Å². The van der Waals surface area contributed by atoms with Crippen molar-refractivity contribution >= 4 is 29.5 Å². The van der Waals surface area contributed by atoms with E-state index in [9.17, 15) is 40.7 Å². The number of amides is 2. The SMILES string of the molecule is CCOC(=O)N1c2ccc(NCC(=O)OC)cc2[C@@H](N(Cc2cc(C(F)(F)F)cc(C(F)(F)F)c2)C(=O)OC)C[C@H]1C. The summed E-state index contributed by atoms with van der Waals surface area (Å²) in [5, 5.41) is 2.83. The van der Waals surface area contributed by atoms with Gasteiger partial charge in [-0.2, -0.15) is 26.3 Å². The second kappa shape index (κ2) is 12.8. The third-order valence-electron chi connectivity index (χ3n) is 6.57. The molecule has 0 radical (unpaired) electrons. The summed E-state index contributed by atoms with van der Waals surface area (Å²) in [5.74, 6) is -0.591. The van der Waals surface area contributed by atoms with Crippen LogP contribution < -0.4 is 10.2 Å². The Bertz CT molecular complexity index is 1280. The summed E-state index contributed by atoms with van der Waals surface area (Å²) >= 11 is 0. The summed E-state index contributed by atoms with van der Waals surface area (Å²) in [7, 11) is 2.22.